The predicted molar refractivity (Wildman–Crippen MR) is 99.8 cm³/mol. The molecule has 0 bridgehead atoms. The molecule has 10 nitrogen and oxygen atoms in total. The lowest BCUT2D eigenvalue weighted by atomic mass is 9.73. The van der Waals surface area contributed by atoms with E-state index in [-0.39, 0.29) is 31.2 Å². The number of carboxylic acids is 1. The van der Waals surface area contributed by atoms with Gasteiger partial charge in [-0.1, -0.05) is 27.7 Å². The molecule has 0 aromatic rings. The van der Waals surface area contributed by atoms with Crippen LogP contribution in [0.25, 0.3) is 0 Å². The van der Waals surface area contributed by atoms with Crippen molar-refractivity contribution < 1.29 is 41.9 Å². The zero-order chi connectivity index (χ0) is 22.2. The summed E-state index contributed by atoms with van der Waals surface area (Å²) in [6, 6.07) is 0. The van der Waals surface area contributed by atoms with Gasteiger partial charge in [-0.05, 0) is 6.42 Å². The Balaban J connectivity index is 4.91. The molecule has 0 aliphatic rings. The van der Waals surface area contributed by atoms with Crippen molar-refractivity contribution in [2.45, 2.75) is 53.1 Å². The summed E-state index contributed by atoms with van der Waals surface area (Å²) >= 11 is 0. The molecular weight excluding hydrogens is 394 g/mol. The minimum absolute atomic E-state index is 0.122. The highest BCUT2D eigenvalue weighted by Gasteiger charge is 2.50. The van der Waals surface area contributed by atoms with E-state index in [9.17, 15) is 33.0 Å². The second-order valence-corrected chi connectivity index (χ2v) is 9.24. The molecule has 0 saturated heterocycles. The first kappa shape index (κ1) is 26.3. The maximum absolute atomic E-state index is 12.0. The Labute approximate surface area is 165 Å². The van der Waals surface area contributed by atoms with E-state index in [1.807, 2.05) is 0 Å². The number of carboxylic acid groups (broad SMARTS) is 1. The molecule has 0 rings (SSSR count). The lowest BCUT2D eigenvalue weighted by molar-refractivity contribution is -0.181. The van der Waals surface area contributed by atoms with Crippen LogP contribution in [0.15, 0.2) is 0 Å². The highest BCUT2D eigenvalue weighted by atomic mass is 32.2. The number of hydrogen-bond acceptors (Lipinski definition) is 8. The summed E-state index contributed by atoms with van der Waals surface area (Å²) in [7, 11) is -3.98. The average molecular weight is 426 g/mol. The smallest absolute Gasteiger partial charge is 0.336 e. The lowest BCUT2D eigenvalue weighted by Crippen LogP contribution is -2.54. The lowest BCUT2D eigenvalue weighted by Gasteiger charge is -2.38. The second-order valence-electron chi connectivity index (χ2n) is 7.48. The Morgan fingerprint density at radius 2 is 1.75 bits per heavy atom. The van der Waals surface area contributed by atoms with Gasteiger partial charge < -0.3 is 20.3 Å². The number of aliphatic hydroxyl groups is 1. The van der Waals surface area contributed by atoms with Gasteiger partial charge in [0.05, 0.1) is 24.9 Å². The van der Waals surface area contributed by atoms with Gasteiger partial charge in [0, 0.05) is 25.3 Å². The van der Waals surface area contributed by atoms with Crippen molar-refractivity contribution in [2.24, 2.45) is 11.3 Å². The van der Waals surface area contributed by atoms with E-state index in [0.717, 1.165) is 0 Å². The molecule has 3 N–H and O–H groups in total. The van der Waals surface area contributed by atoms with Crippen LogP contribution in [0, 0.1) is 11.3 Å². The number of rotatable bonds is 13. The van der Waals surface area contributed by atoms with Crippen LogP contribution in [0.5, 0.6) is 0 Å². The molecule has 0 radical (unpaired) electrons. The van der Waals surface area contributed by atoms with Gasteiger partial charge in [0.1, 0.15) is 0 Å². The number of aliphatic carboxylic acids is 1. The quantitative estimate of drug-likeness (QED) is 0.214. The van der Waals surface area contributed by atoms with Crippen LogP contribution in [-0.4, -0.2) is 67.6 Å². The largest absolute Gasteiger partial charge is 0.479 e. The van der Waals surface area contributed by atoms with Crippen LogP contribution >= 0.6 is 0 Å². The number of nitrogens with one attached hydrogen (secondary N) is 1. The van der Waals surface area contributed by atoms with Crippen LogP contribution in [0.3, 0.4) is 0 Å². The van der Waals surface area contributed by atoms with E-state index in [1.54, 1.807) is 13.8 Å². The van der Waals surface area contributed by atoms with E-state index in [0.29, 0.717) is 0 Å². The fourth-order valence-electron chi connectivity index (χ4n) is 2.13. The number of carbonyl (C=O) groups excluding carboxylic acids is 2. The normalized spacial score (nSPS) is 14.4. The van der Waals surface area contributed by atoms with Crippen molar-refractivity contribution in [3.05, 3.63) is 0 Å². The molecule has 28 heavy (non-hydrogen) atoms. The Morgan fingerprint density at radius 1 is 1.18 bits per heavy atom. The number of amides is 1. The summed E-state index contributed by atoms with van der Waals surface area (Å²) in [5.41, 5.74) is -3.89. The second kappa shape index (κ2) is 10.7. The zero-order valence-electron chi connectivity index (χ0n) is 17.0. The van der Waals surface area contributed by atoms with Gasteiger partial charge >= 0.3 is 11.9 Å². The fraction of sp³-hybridized carbons (Fsp3) is 0.824. The first-order valence-corrected chi connectivity index (χ1v) is 10.5. The van der Waals surface area contributed by atoms with Gasteiger partial charge in [0.2, 0.25) is 5.91 Å². The number of ether oxygens (including phenoxy) is 1. The summed E-state index contributed by atoms with van der Waals surface area (Å²) in [5.74, 6) is -3.18. The third-order valence-corrected chi connectivity index (χ3v) is 5.46. The molecule has 164 valence electrons. The predicted octanol–water partition coefficient (Wildman–Crippen LogP) is 0.290. The molecule has 0 heterocycles. The van der Waals surface area contributed by atoms with E-state index in [2.05, 4.69) is 5.32 Å². The van der Waals surface area contributed by atoms with Gasteiger partial charge in [-0.15, -0.1) is 0 Å². The third kappa shape index (κ3) is 8.53. The first-order chi connectivity index (χ1) is 12.6. The standard InChI is InChI=1S/C17H31NO9S/c1-12(2)14(20)26-9-7-17(23,15(21)22)16(4,5)11-27-28(24,25)10-6-8-18-13(3)19/h12,23H,6-11H2,1-5H3,(H,18,19)(H,21,22)/t17-/m0/s1. The molecule has 0 unspecified atom stereocenters. The average Bonchev–Trinajstić information content (AvgIpc) is 2.56. The van der Waals surface area contributed by atoms with Crippen molar-refractivity contribution in [1.29, 1.82) is 0 Å². The van der Waals surface area contributed by atoms with Crippen LogP contribution in [0.2, 0.25) is 0 Å². The highest BCUT2D eigenvalue weighted by Crippen LogP contribution is 2.35. The molecule has 11 heteroatoms. The Hall–Kier alpha value is -1.72. The van der Waals surface area contributed by atoms with E-state index < -0.39 is 52.0 Å². The summed E-state index contributed by atoms with van der Waals surface area (Å²) in [6.07, 6.45) is -0.309. The molecule has 1 atom stereocenters. The maximum Gasteiger partial charge on any atom is 0.336 e. The molecular formula is C17H31NO9S. The zero-order valence-corrected chi connectivity index (χ0v) is 17.8. The summed E-state index contributed by atoms with van der Waals surface area (Å²) in [6.45, 7) is 6.44. The van der Waals surface area contributed by atoms with Crippen LogP contribution in [0.1, 0.15) is 47.5 Å². The monoisotopic (exact) mass is 425 g/mol. The van der Waals surface area contributed by atoms with Crippen molar-refractivity contribution >= 4 is 28.0 Å². The van der Waals surface area contributed by atoms with Crippen molar-refractivity contribution in [3.8, 4) is 0 Å². The number of hydrogen-bond donors (Lipinski definition) is 3. The third-order valence-electron chi connectivity index (χ3n) is 4.20. The topological polar surface area (TPSA) is 156 Å². The van der Waals surface area contributed by atoms with Gasteiger partial charge in [-0.3, -0.25) is 13.8 Å². The number of carbonyl (C=O) groups is 3. The maximum atomic E-state index is 12.0. The van der Waals surface area contributed by atoms with Crippen molar-refractivity contribution in [2.75, 3.05) is 25.5 Å². The number of esters is 1. The molecule has 0 spiro atoms. The highest BCUT2D eigenvalue weighted by molar-refractivity contribution is 7.86. The SMILES string of the molecule is CC(=O)NCCCS(=O)(=O)OCC(C)(C)[C@](O)(CCOC(=O)C(C)C)C(=O)O. The van der Waals surface area contributed by atoms with E-state index in [4.69, 9.17) is 8.92 Å². The summed E-state index contributed by atoms with van der Waals surface area (Å²) in [4.78, 5) is 33.9. The minimum Gasteiger partial charge on any atom is -0.479 e. The van der Waals surface area contributed by atoms with Gasteiger partial charge in [0.25, 0.3) is 10.1 Å². The van der Waals surface area contributed by atoms with Gasteiger partial charge in [-0.2, -0.15) is 8.42 Å². The van der Waals surface area contributed by atoms with Crippen LogP contribution < -0.4 is 5.32 Å². The molecule has 0 aromatic heterocycles. The first-order valence-electron chi connectivity index (χ1n) is 8.88. The summed E-state index contributed by atoms with van der Waals surface area (Å²) < 4.78 is 33.7. The fourth-order valence-corrected chi connectivity index (χ4v) is 3.22. The van der Waals surface area contributed by atoms with Gasteiger partial charge in [0.15, 0.2) is 5.60 Å². The van der Waals surface area contributed by atoms with Crippen LogP contribution in [-0.2, 0) is 33.4 Å². The molecule has 0 aromatic carbocycles. The molecule has 0 saturated carbocycles. The minimum atomic E-state index is -3.98. The van der Waals surface area contributed by atoms with Crippen molar-refractivity contribution in [3.63, 3.8) is 0 Å². The van der Waals surface area contributed by atoms with Crippen LogP contribution in [0.4, 0.5) is 0 Å². The molecule has 0 aliphatic carbocycles. The molecule has 1 amide bonds. The Bertz CT molecular complexity index is 658. The van der Waals surface area contributed by atoms with Gasteiger partial charge in [-0.25, -0.2) is 4.79 Å². The van der Waals surface area contributed by atoms with E-state index >= 15 is 0 Å². The Kier molecular flexibility index (Phi) is 10.1. The molecule has 0 fully saturated rings. The molecule has 0 aliphatic heterocycles. The summed E-state index contributed by atoms with van der Waals surface area (Å²) in [5, 5.41) is 22.5. The van der Waals surface area contributed by atoms with E-state index in [1.165, 1.54) is 20.8 Å². The Morgan fingerprint density at radius 3 is 2.21 bits per heavy atom. The van der Waals surface area contributed by atoms with Crippen molar-refractivity contribution in [1.82, 2.24) is 5.32 Å².